The summed E-state index contributed by atoms with van der Waals surface area (Å²) in [5, 5.41) is 0.561. The molecule has 4 aliphatic carbocycles. The van der Waals surface area contributed by atoms with Crippen LogP contribution in [-0.4, -0.2) is 40.5 Å². The second-order valence-electron chi connectivity index (χ2n) is 13.0. The number of pyridine rings is 1. The number of allylic oxidation sites excluding steroid dienone is 2. The van der Waals surface area contributed by atoms with E-state index in [-0.39, 0.29) is 58.9 Å². The van der Waals surface area contributed by atoms with Gasteiger partial charge in [0.2, 0.25) is 17.6 Å². The number of hydrogen-bond donors (Lipinski definition) is 0. The molecule has 9 heteroatoms. The summed E-state index contributed by atoms with van der Waals surface area (Å²) in [7, 11) is 0. The molecule has 0 radical (unpaired) electrons. The number of alkyl halides is 1. The quantitative estimate of drug-likeness (QED) is 0.0675. The van der Waals surface area contributed by atoms with Crippen molar-refractivity contribution in [3.05, 3.63) is 107 Å². The van der Waals surface area contributed by atoms with Crippen molar-refractivity contribution in [2.45, 2.75) is 25.9 Å². The average Bonchev–Trinajstić information content (AvgIpc) is 3.86. The highest BCUT2D eigenvalue weighted by Crippen LogP contribution is 2.65. The predicted octanol–water partition coefficient (Wildman–Crippen LogP) is 6.94. The van der Waals surface area contributed by atoms with E-state index in [0.29, 0.717) is 39.7 Å². The Balaban J connectivity index is 1.10. The summed E-state index contributed by atoms with van der Waals surface area (Å²) in [6.07, 6.45) is 4.33. The van der Waals surface area contributed by atoms with Crippen molar-refractivity contribution < 1.29 is 28.3 Å². The number of imide groups is 1. The molecule has 4 aromatic rings. The topological polar surface area (TPSA) is 93.6 Å². The molecule has 236 valence electrons. The fourth-order valence-corrected chi connectivity index (χ4v) is 8.23. The number of esters is 1. The van der Waals surface area contributed by atoms with Gasteiger partial charge in [0.05, 0.1) is 34.3 Å². The van der Waals surface area contributed by atoms with E-state index in [1.165, 1.54) is 29.2 Å². The Hall–Kier alpha value is -4.69. The van der Waals surface area contributed by atoms with E-state index in [1.54, 1.807) is 36.4 Å². The van der Waals surface area contributed by atoms with Crippen molar-refractivity contribution >= 4 is 51.8 Å². The lowest BCUT2D eigenvalue weighted by Gasteiger charge is -2.37. The van der Waals surface area contributed by atoms with Gasteiger partial charge < -0.3 is 4.74 Å². The highest BCUT2D eigenvalue weighted by molar-refractivity contribution is 6.22. The molecule has 2 heterocycles. The lowest BCUT2D eigenvalue weighted by Crippen LogP contribution is -2.40. The van der Waals surface area contributed by atoms with E-state index in [9.17, 15) is 23.6 Å². The molecular weight excluding hydrogens is 619 g/mol. The highest BCUT2D eigenvalue weighted by Gasteiger charge is 2.67. The molecule has 7 unspecified atom stereocenters. The molecule has 5 aliphatic rings. The van der Waals surface area contributed by atoms with Crippen molar-refractivity contribution in [1.29, 1.82) is 0 Å². The highest BCUT2D eigenvalue weighted by atomic mass is 35.5. The third kappa shape index (κ3) is 4.80. The van der Waals surface area contributed by atoms with E-state index >= 15 is 0 Å². The number of ketones is 1. The van der Waals surface area contributed by atoms with Gasteiger partial charge in [0.1, 0.15) is 5.82 Å². The SMILES string of the molecule is Cc1cccc2c(C(=O)OC(CCCl)C(=O)c3ccc(F)cc3)cc(-c3ccc(N4C(=O)C5C6C=CC(C7CC67)C5C4=O)cc3)nc12. The van der Waals surface area contributed by atoms with E-state index in [0.717, 1.165) is 12.0 Å². The van der Waals surface area contributed by atoms with Crippen LogP contribution in [0.25, 0.3) is 22.2 Å². The molecule has 2 bridgehead atoms. The zero-order valence-electron chi connectivity index (χ0n) is 25.4. The maximum atomic E-state index is 13.7. The molecule has 0 spiro atoms. The third-order valence-electron chi connectivity index (χ3n) is 10.4. The predicted molar refractivity (Wildman–Crippen MR) is 174 cm³/mol. The molecule has 47 heavy (non-hydrogen) atoms. The number of halogens is 2. The van der Waals surface area contributed by atoms with Gasteiger partial charge in [0.15, 0.2) is 6.10 Å². The van der Waals surface area contributed by atoms with Gasteiger partial charge in [-0.2, -0.15) is 0 Å². The normalized spacial score (nSPS) is 25.9. The number of fused-ring (bicyclic) bond motifs is 1. The maximum Gasteiger partial charge on any atom is 0.339 e. The van der Waals surface area contributed by atoms with Crippen LogP contribution in [0.2, 0.25) is 0 Å². The van der Waals surface area contributed by atoms with E-state index in [4.69, 9.17) is 21.3 Å². The number of anilines is 1. The number of hydrogen-bond acceptors (Lipinski definition) is 6. The molecular formula is C38H30ClFN2O5. The zero-order valence-corrected chi connectivity index (χ0v) is 26.2. The number of rotatable bonds is 8. The minimum Gasteiger partial charge on any atom is -0.450 e. The average molecular weight is 649 g/mol. The lowest BCUT2D eigenvalue weighted by molar-refractivity contribution is -0.124. The van der Waals surface area contributed by atoms with Gasteiger partial charge in [-0.05, 0) is 85.0 Å². The minimum atomic E-state index is -1.17. The first kappa shape index (κ1) is 29.7. The molecule has 1 aliphatic heterocycles. The number of aryl methyl sites for hydroxylation is 1. The summed E-state index contributed by atoms with van der Waals surface area (Å²) in [5.74, 6) is -1.06. The molecule has 3 aromatic carbocycles. The number of carbonyl (C=O) groups excluding carboxylic acids is 4. The second-order valence-corrected chi connectivity index (χ2v) is 13.4. The molecule has 1 saturated heterocycles. The molecule has 2 amide bonds. The Kier molecular flexibility index (Phi) is 7.10. The first-order chi connectivity index (χ1) is 22.7. The fourth-order valence-electron chi connectivity index (χ4n) is 8.04. The Morgan fingerprint density at radius 3 is 2.26 bits per heavy atom. The van der Waals surface area contributed by atoms with Crippen LogP contribution in [0.1, 0.15) is 39.1 Å². The van der Waals surface area contributed by atoms with Gasteiger partial charge in [0.25, 0.3) is 0 Å². The second kappa shape index (κ2) is 11.2. The summed E-state index contributed by atoms with van der Waals surface area (Å²) in [6.45, 7) is 1.89. The molecule has 0 N–H and O–H groups in total. The smallest absolute Gasteiger partial charge is 0.339 e. The minimum absolute atomic E-state index is 0.0706. The summed E-state index contributed by atoms with van der Waals surface area (Å²) in [4.78, 5) is 60.4. The first-order valence-electron chi connectivity index (χ1n) is 15.9. The number of carbonyl (C=O) groups is 4. The van der Waals surface area contributed by atoms with Crippen molar-refractivity contribution in [3.63, 3.8) is 0 Å². The summed E-state index contributed by atoms with van der Waals surface area (Å²) in [5.41, 5.74) is 3.54. The van der Waals surface area contributed by atoms with Gasteiger partial charge >= 0.3 is 5.97 Å². The zero-order chi connectivity index (χ0) is 32.6. The van der Waals surface area contributed by atoms with Gasteiger partial charge in [-0.3, -0.25) is 19.3 Å². The number of aromatic nitrogens is 1. The van der Waals surface area contributed by atoms with Crippen molar-refractivity contribution in [2.75, 3.05) is 10.8 Å². The van der Waals surface area contributed by atoms with Gasteiger partial charge in [0, 0.05) is 28.8 Å². The van der Waals surface area contributed by atoms with E-state index in [2.05, 4.69) is 12.2 Å². The number of para-hydroxylation sites is 1. The van der Waals surface area contributed by atoms with Gasteiger partial charge in [-0.15, -0.1) is 11.6 Å². The van der Waals surface area contributed by atoms with Gasteiger partial charge in [-0.1, -0.05) is 42.5 Å². The molecule has 7 nitrogen and oxygen atoms in total. The van der Waals surface area contributed by atoms with Crippen LogP contribution in [0, 0.1) is 48.2 Å². The summed E-state index contributed by atoms with van der Waals surface area (Å²) >= 11 is 5.98. The summed E-state index contributed by atoms with van der Waals surface area (Å²) < 4.78 is 19.2. The van der Waals surface area contributed by atoms with Crippen LogP contribution in [0.4, 0.5) is 10.1 Å². The van der Waals surface area contributed by atoms with Crippen LogP contribution < -0.4 is 4.90 Å². The lowest BCUT2D eigenvalue weighted by atomic mass is 9.63. The van der Waals surface area contributed by atoms with Crippen molar-refractivity contribution in [2.24, 2.45) is 35.5 Å². The van der Waals surface area contributed by atoms with Crippen LogP contribution in [0.5, 0.6) is 0 Å². The Morgan fingerprint density at radius 1 is 0.957 bits per heavy atom. The monoisotopic (exact) mass is 648 g/mol. The van der Waals surface area contributed by atoms with E-state index in [1.807, 2.05) is 19.1 Å². The number of nitrogens with zero attached hydrogens (tertiary/aromatic N) is 2. The third-order valence-corrected chi connectivity index (χ3v) is 10.6. The van der Waals surface area contributed by atoms with Gasteiger partial charge in [-0.25, -0.2) is 14.2 Å². The number of Topliss-reactive ketones (excluding diaryl/α,β-unsaturated/α-hetero) is 1. The maximum absolute atomic E-state index is 13.7. The van der Waals surface area contributed by atoms with Crippen LogP contribution in [0.15, 0.2) is 84.9 Å². The fraction of sp³-hybridized carbons (Fsp3) is 0.289. The molecule has 7 atom stereocenters. The molecule has 2 saturated carbocycles. The van der Waals surface area contributed by atoms with Crippen LogP contribution in [0.3, 0.4) is 0 Å². The first-order valence-corrected chi connectivity index (χ1v) is 16.4. The number of ether oxygens (including phenoxy) is 1. The molecule has 9 rings (SSSR count). The number of benzene rings is 3. The Morgan fingerprint density at radius 2 is 1.62 bits per heavy atom. The number of amides is 2. The van der Waals surface area contributed by atoms with Crippen LogP contribution in [-0.2, 0) is 14.3 Å². The van der Waals surface area contributed by atoms with E-state index < -0.39 is 23.7 Å². The largest absolute Gasteiger partial charge is 0.450 e. The van der Waals surface area contributed by atoms with Crippen molar-refractivity contribution in [3.8, 4) is 11.3 Å². The molecule has 3 fully saturated rings. The van der Waals surface area contributed by atoms with Crippen molar-refractivity contribution in [1.82, 2.24) is 4.98 Å². The molecule has 1 aromatic heterocycles. The summed E-state index contributed by atoms with van der Waals surface area (Å²) in [6, 6.07) is 19.2. The standard InChI is InChI=1S/C38H30ClFN2O5/c1-19-3-2-4-26-29(38(46)47-31(15-16-39)35(43)21-5-9-22(40)10-6-21)18-30(41-34(19)26)20-7-11-23(12-8-20)42-36(44)32-24-13-14-25(28-17-27(24)28)33(32)37(42)45/h2-14,18,24-25,27-28,31-33H,15-17H2,1H3. The Labute approximate surface area is 275 Å². The van der Waals surface area contributed by atoms with Crippen LogP contribution >= 0.6 is 11.6 Å². The Bertz CT molecular complexity index is 1970.